The zero-order valence-corrected chi connectivity index (χ0v) is 16.0. The number of nitrogens with zero attached hydrogens (tertiary/aromatic N) is 1. The normalized spacial score (nSPS) is 11.7. The van der Waals surface area contributed by atoms with Gasteiger partial charge in [0.05, 0.1) is 12.1 Å². The first kappa shape index (κ1) is 20.8. The Morgan fingerprint density at radius 3 is 2.39 bits per heavy atom. The standard InChI is InChI=1S/C20H18ClN3O4/c1-13(28-18-6-4-3-5-17(18)21)19(25)24-16-9-7-15(8-10-16)23-12-14(11-22)20(26)27-2/h3-10,12-13,23H,1-2H3,(H,24,25)/b14-12-. The highest BCUT2D eigenvalue weighted by Gasteiger charge is 2.16. The van der Waals surface area contributed by atoms with E-state index in [1.54, 1.807) is 61.5 Å². The lowest BCUT2D eigenvalue weighted by atomic mass is 10.2. The maximum Gasteiger partial charge on any atom is 0.350 e. The van der Waals surface area contributed by atoms with Gasteiger partial charge in [-0.2, -0.15) is 5.26 Å². The summed E-state index contributed by atoms with van der Waals surface area (Å²) in [7, 11) is 1.20. The van der Waals surface area contributed by atoms with Gasteiger partial charge in [-0.1, -0.05) is 23.7 Å². The summed E-state index contributed by atoms with van der Waals surface area (Å²) < 4.78 is 10.1. The molecule has 1 amide bonds. The Bertz CT molecular complexity index is 920. The van der Waals surface area contributed by atoms with Gasteiger partial charge in [0.2, 0.25) is 0 Å². The fraction of sp³-hybridized carbons (Fsp3) is 0.150. The number of benzene rings is 2. The van der Waals surface area contributed by atoms with E-state index in [0.29, 0.717) is 22.1 Å². The molecule has 1 atom stereocenters. The molecule has 144 valence electrons. The number of amides is 1. The fourth-order valence-electron chi connectivity index (χ4n) is 2.08. The van der Waals surface area contributed by atoms with Crippen LogP contribution in [0.3, 0.4) is 0 Å². The lowest BCUT2D eigenvalue weighted by molar-refractivity contribution is -0.135. The van der Waals surface area contributed by atoms with Crippen molar-refractivity contribution in [2.24, 2.45) is 0 Å². The molecule has 2 rings (SSSR count). The summed E-state index contributed by atoms with van der Waals surface area (Å²) in [6.07, 6.45) is 0.498. The number of hydrogen-bond donors (Lipinski definition) is 2. The van der Waals surface area contributed by atoms with E-state index in [1.807, 2.05) is 0 Å². The molecule has 8 heteroatoms. The van der Waals surface area contributed by atoms with Gasteiger partial charge in [0.25, 0.3) is 5.91 Å². The minimum atomic E-state index is -0.751. The van der Waals surface area contributed by atoms with E-state index in [2.05, 4.69) is 15.4 Å². The van der Waals surface area contributed by atoms with E-state index in [9.17, 15) is 9.59 Å². The number of nitriles is 1. The van der Waals surface area contributed by atoms with Gasteiger partial charge in [0, 0.05) is 17.6 Å². The molecular formula is C20H18ClN3O4. The number of ether oxygens (including phenoxy) is 2. The number of hydrogen-bond acceptors (Lipinski definition) is 6. The molecule has 0 radical (unpaired) electrons. The highest BCUT2D eigenvalue weighted by molar-refractivity contribution is 6.32. The van der Waals surface area contributed by atoms with Crippen LogP contribution >= 0.6 is 11.6 Å². The van der Waals surface area contributed by atoms with Gasteiger partial charge in [-0.25, -0.2) is 4.79 Å². The summed E-state index contributed by atoms with van der Waals surface area (Å²) >= 11 is 6.02. The Morgan fingerprint density at radius 2 is 1.79 bits per heavy atom. The molecule has 7 nitrogen and oxygen atoms in total. The van der Waals surface area contributed by atoms with Crippen LogP contribution in [0.15, 0.2) is 60.3 Å². The molecule has 0 aliphatic rings. The summed E-state index contributed by atoms with van der Waals surface area (Å²) in [6.45, 7) is 1.62. The van der Waals surface area contributed by atoms with Crippen LogP contribution in [0.2, 0.25) is 5.02 Å². The number of methoxy groups -OCH3 is 1. The average molecular weight is 400 g/mol. The predicted molar refractivity (Wildman–Crippen MR) is 106 cm³/mol. The van der Waals surface area contributed by atoms with Crippen LogP contribution in [0.4, 0.5) is 11.4 Å². The fourth-order valence-corrected chi connectivity index (χ4v) is 2.26. The van der Waals surface area contributed by atoms with Gasteiger partial charge >= 0.3 is 5.97 Å². The number of carbonyl (C=O) groups is 2. The second-order valence-corrected chi connectivity index (χ2v) is 5.97. The van der Waals surface area contributed by atoms with Gasteiger partial charge in [-0.05, 0) is 43.3 Å². The molecule has 0 aromatic heterocycles. The highest BCUT2D eigenvalue weighted by atomic mass is 35.5. The number of rotatable bonds is 7. The first-order valence-electron chi connectivity index (χ1n) is 8.22. The van der Waals surface area contributed by atoms with Crippen molar-refractivity contribution in [3.63, 3.8) is 0 Å². The maximum atomic E-state index is 12.3. The number of anilines is 2. The van der Waals surface area contributed by atoms with Crippen LogP contribution in [0, 0.1) is 11.3 Å². The second kappa shape index (κ2) is 10.00. The molecule has 0 spiro atoms. The lowest BCUT2D eigenvalue weighted by Crippen LogP contribution is -2.30. The molecule has 2 aromatic carbocycles. The summed E-state index contributed by atoms with van der Waals surface area (Å²) in [6, 6.07) is 15.3. The summed E-state index contributed by atoms with van der Waals surface area (Å²) in [5, 5.41) is 14.9. The molecule has 0 aliphatic carbocycles. The van der Waals surface area contributed by atoms with Gasteiger partial charge in [0.1, 0.15) is 11.8 Å². The van der Waals surface area contributed by atoms with Crippen LogP contribution in [-0.2, 0) is 14.3 Å². The Kier molecular flexibility index (Phi) is 7.43. The van der Waals surface area contributed by atoms with E-state index in [0.717, 1.165) is 0 Å². The Labute approximate surface area is 167 Å². The molecule has 0 saturated carbocycles. The maximum absolute atomic E-state index is 12.3. The predicted octanol–water partition coefficient (Wildman–Crippen LogP) is 3.74. The Balaban J connectivity index is 1.95. The van der Waals surface area contributed by atoms with Crippen LogP contribution in [0.25, 0.3) is 0 Å². The largest absolute Gasteiger partial charge is 0.479 e. The minimum Gasteiger partial charge on any atom is -0.479 e. The van der Waals surface area contributed by atoms with Gasteiger partial charge < -0.3 is 20.1 Å². The van der Waals surface area contributed by atoms with Crippen LogP contribution in [0.5, 0.6) is 5.75 Å². The monoisotopic (exact) mass is 399 g/mol. The first-order chi connectivity index (χ1) is 13.4. The minimum absolute atomic E-state index is 0.162. The number of nitrogens with one attached hydrogen (secondary N) is 2. The highest BCUT2D eigenvalue weighted by Crippen LogP contribution is 2.24. The lowest BCUT2D eigenvalue weighted by Gasteiger charge is -2.15. The van der Waals surface area contributed by atoms with Crippen molar-refractivity contribution in [2.75, 3.05) is 17.7 Å². The number of halogens is 1. The van der Waals surface area contributed by atoms with Crippen molar-refractivity contribution in [3.8, 4) is 11.8 Å². The molecule has 2 N–H and O–H groups in total. The molecule has 28 heavy (non-hydrogen) atoms. The van der Waals surface area contributed by atoms with Crippen molar-refractivity contribution >= 4 is 34.9 Å². The third-order valence-corrected chi connectivity index (χ3v) is 3.88. The quantitative estimate of drug-likeness (QED) is 0.418. The number of esters is 1. The van der Waals surface area contributed by atoms with Crippen molar-refractivity contribution < 1.29 is 19.1 Å². The van der Waals surface area contributed by atoms with E-state index in [4.69, 9.17) is 21.6 Å². The average Bonchev–Trinajstić information content (AvgIpc) is 2.71. The Morgan fingerprint density at radius 1 is 1.14 bits per heavy atom. The van der Waals surface area contributed by atoms with Crippen LogP contribution < -0.4 is 15.4 Å². The third-order valence-electron chi connectivity index (χ3n) is 3.57. The Hall–Kier alpha value is -3.50. The SMILES string of the molecule is COC(=O)/C(C#N)=C\Nc1ccc(NC(=O)C(C)Oc2ccccc2Cl)cc1. The van der Waals surface area contributed by atoms with Crippen LogP contribution in [0.1, 0.15) is 6.92 Å². The third kappa shape index (κ3) is 5.76. The number of para-hydroxylation sites is 1. The molecule has 0 bridgehead atoms. The number of carbonyl (C=O) groups excluding carboxylic acids is 2. The summed E-state index contributed by atoms with van der Waals surface area (Å²) in [5.41, 5.74) is 1.02. The van der Waals surface area contributed by atoms with E-state index in [-0.39, 0.29) is 11.5 Å². The van der Waals surface area contributed by atoms with Crippen molar-refractivity contribution in [3.05, 3.63) is 65.3 Å². The van der Waals surface area contributed by atoms with Crippen molar-refractivity contribution in [1.29, 1.82) is 5.26 Å². The van der Waals surface area contributed by atoms with Crippen molar-refractivity contribution in [1.82, 2.24) is 0 Å². The molecule has 0 aliphatic heterocycles. The van der Waals surface area contributed by atoms with Crippen molar-refractivity contribution in [2.45, 2.75) is 13.0 Å². The molecule has 0 heterocycles. The molecular weight excluding hydrogens is 382 g/mol. The molecule has 1 unspecified atom stereocenters. The topological polar surface area (TPSA) is 100 Å². The first-order valence-corrected chi connectivity index (χ1v) is 8.59. The van der Waals surface area contributed by atoms with E-state index in [1.165, 1.54) is 13.3 Å². The molecule has 2 aromatic rings. The smallest absolute Gasteiger partial charge is 0.350 e. The zero-order valence-electron chi connectivity index (χ0n) is 15.2. The van der Waals surface area contributed by atoms with Gasteiger partial charge in [0.15, 0.2) is 11.7 Å². The zero-order chi connectivity index (χ0) is 20.5. The molecule has 0 fully saturated rings. The van der Waals surface area contributed by atoms with Crippen LogP contribution in [-0.4, -0.2) is 25.1 Å². The summed E-state index contributed by atoms with van der Waals surface area (Å²) in [4.78, 5) is 23.6. The second-order valence-electron chi connectivity index (χ2n) is 5.56. The molecule has 0 saturated heterocycles. The van der Waals surface area contributed by atoms with Gasteiger partial charge in [-0.3, -0.25) is 4.79 Å². The van der Waals surface area contributed by atoms with E-state index < -0.39 is 12.1 Å². The van der Waals surface area contributed by atoms with Gasteiger partial charge in [-0.15, -0.1) is 0 Å². The summed E-state index contributed by atoms with van der Waals surface area (Å²) in [5.74, 6) is -0.638. The van der Waals surface area contributed by atoms with E-state index >= 15 is 0 Å².